The van der Waals surface area contributed by atoms with E-state index in [1.54, 1.807) is 52.0 Å². The van der Waals surface area contributed by atoms with E-state index in [0.29, 0.717) is 16.7 Å². The molecule has 2 nitrogen and oxygen atoms in total. The first-order valence-corrected chi connectivity index (χ1v) is 6.62. The molecule has 0 amide bonds. The molecule has 0 saturated carbocycles. The lowest BCUT2D eigenvalue weighted by molar-refractivity contribution is 0.573. The maximum Gasteiger partial charge on any atom is 0.164 e. The molecule has 1 atom stereocenters. The van der Waals surface area contributed by atoms with Gasteiger partial charge in [-0.1, -0.05) is 24.3 Å². The molecule has 17 heavy (non-hydrogen) atoms. The van der Waals surface area contributed by atoms with E-state index in [0.717, 1.165) is 0 Å². The fourth-order valence-corrected chi connectivity index (χ4v) is 2.24. The van der Waals surface area contributed by atoms with E-state index in [2.05, 4.69) is 0 Å². The van der Waals surface area contributed by atoms with Crippen molar-refractivity contribution in [2.45, 2.75) is 32.4 Å². The predicted molar refractivity (Wildman–Crippen MR) is 71.2 cm³/mol. The quantitative estimate of drug-likeness (QED) is 0.844. The first-order chi connectivity index (χ1) is 7.82. The number of nitrogens with two attached hydrogens (primary N) is 1. The van der Waals surface area contributed by atoms with E-state index in [1.807, 2.05) is 0 Å². The van der Waals surface area contributed by atoms with Gasteiger partial charge in [0, 0.05) is 22.5 Å². The third-order valence-corrected chi connectivity index (χ3v) is 4.15. The number of allylic oxidation sites excluding steroid dienone is 1. The Hall–Kier alpha value is -0.840. The van der Waals surface area contributed by atoms with Crippen LogP contribution in [-0.2, 0) is 11.4 Å². The molecular formula is C13H18FNOS. The SMILES string of the molecule is CC=C(c1cccc(C)c1F)C(C)(C)[S+](N)[O-]. The molecule has 0 radical (unpaired) electrons. The van der Waals surface area contributed by atoms with Crippen LogP contribution < -0.4 is 5.14 Å². The van der Waals surface area contributed by atoms with E-state index < -0.39 is 16.1 Å². The minimum absolute atomic E-state index is 0.279. The maximum atomic E-state index is 14.1. The molecule has 1 aromatic carbocycles. The largest absolute Gasteiger partial charge is 0.598 e. The molecule has 1 unspecified atom stereocenters. The third-order valence-electron chi connectivity index (χ3n) is 2.92. The lowest BCUT2D eigenvalue weighted by atomic mass is 9.92. The van der Waals surface area contributed by atoms with Gasteiger partial charge in [0.2, 0.25) is 0 Å². The van der Waals surface area contributed by atoms with Crippen molar-refractivity contribution in [3.8, 4) is 0 Å². The average molecular weight is 255 g/mol. The lowest BCUT2D eigenvalue weighted by Crippen LogP contribution is -2.39. The highest BCUT2D eigenvalue weighted by Crippen LogP contribution is 2.34. The van der Waals surface area contributed by atoms with Crippen LogP contribution in [0.2, 0.25) is 0 Å². The average Bonchev–Trinajstić information content (AvgIpc) is 2.24. The summed E-state index contributed by atoms with van der Waals surface area (Å²) in [5.41, 5.74) is 1.70. The molecule has 0 fully saturated rings. The molecule has 0 aliphatic heterocycles. The highest BCUT2D eigenvalue weighted by Gasteiger charge is 2.36. The normalized spacial score (nSPS) is 14.9. The molecule has 0 aliphatic rings. The van der Waals surface area contributed by atoms with Gasteiger partial charge in [0.15, 0.2) is 4.75 Å². The van der Waals surface area contributed by atoms with Crippen molar-refractivity contribution >= 4 is 16.9 Å². The van der Waals surface area contributed by atoms with Crippen molar-refractivity contribution in [3.05, 3.63) is 41.2 Å². The molecule has 1 rings (SSSR count). The zero-order valence-electron chi connectivity index (χ0n) is 10.6. The zero-order chi connectivity index (χ0) is 13.2. The van der Waals surface area contributed by atoms with Gasteiger partial charge in [-0.15, -0.1) is 0 Å². The van der Waals surface area contributed by atoms with Gasteiger partial charge >= 0.3 is 0 Å². The van der Waals surface area contributed by atoms with Crippen LogP contribution in [0.5, 0.6) is 0 Å². The Morgan fingerprint density at radius 2 is 2.06 bits per heavy atom. The number of aryl methyl sites for hydroxylation is 1. The van der Waals surface area contributed by atoms with E-state index in [-0.39, 0.29) is 5.82 Å². The zero-order valence-corrected chi connectivity index (χ0v) is 11.4. The smallest absolute Gasteiger partial charge is 0.164 e. The van der Waals surface area contributed by atoms with Gasteiger partial charge in [0.1, 0.15) is 5.82 Å². The molecule has 2 N–H and O–H groups in total. The first-order valence-electron chi connectivity index (χ1n) is 5.41. The number of rotatable bonds is 3. The Morgan fingerprint density at radius 1 is 1.47 bits per heavy atom. The molecule has 0 saturated heterocycles. The van der Waals surface area contributed by atoms with Crippen molar-refractivity contribution < 1.29 is 8.94 Å². The van der Waals surface area contributed by atoms with E-state index in [9.17, 15) is 8.94 Å². The second-order valence-electron chi connectivity index (χ2n) is 4.45. The van der Waals surface area contributed by atoms with Crippen LogP contribution in [0.15, 0.2) is 24.3 Å². The van der Waals surface area contributed by atoms with Crippen molar-refractivity contribution in [3.63, 3.8) is 0 Å². The van der Waals surface area contributed by atoms with E-state index >= 15 is 0 Å². The highest BCUT2D eigenvalue weighted by molar-refractivity contribution is 7.91. The fourth-order valence-electron chi connectivity index (χ4n) is 1.79. The third kappa shape index (κ3) is 2.70. The van der Waals surface area contributed by atoms with Gasteiger partial charge in [0.05, 0.1) is 0 Å². The first kappa shape index (κ1) is 14.2. The minimum Gasteiger partial charge on any atom is -0.598 e. The van der Waals surface area contributed by atoms with E-state index in [1.165, 1.54) is 0 Å². The molecule has 1 aromatic rings. The molecule has 0 heterocycles. The molecule has 0 aromatic heterocycles. The number of halogens is 1. The van der Waals surface area contributed by atoms with Gasteiger partial charge in [-0.25, -0.2) is 4.39 Å². The van der Waals surface area contributed by atoms with Crippen LogP contribution in [0.4, 0.5) is 4.39 Å². The number of benzene rings is 1. The van der Waals surface area contributed by atoms with Crippen LogP contribution in [0.1, 0.15) is 31.9 Å². The molecule has 0 spiro atoms. The van der Waals surface area contributed by atoms with Crippen molar-refractivity contribution in [2.24, 2.45) is 5.14 Å². The number of hydrogen-bond acceptors (Lipinski definition) is 2. The van der Waals surface area contributed by atoms with Crippen molar-refractivity contribution in [1.29, 1.82) is 0 Å². The summed E-state index contributed by atoms with van der Waals surface area (Å²) in [5, 5.41) is 5.48. The Labute approximate surface area is 105 Å². The van der Waals surface area contributed by atoms with Gasteiger partial charge in [0.25, 0.3) is 0 Å². The molecule has 94 valence electrons. The van der Waals surface area contributed by atoms with Crippen molar-refractivity contribution in [2.75, 3.05) is 0 Å². The second-order valence-corrected chi connectivity index (χ2v) is 6.06. The summed E-state index contributed by atoms with van der Waals surface area (Å²) in [6.45, 7) is 7.00. The Balaban J connectivity index is 3.35. The minimum atomic E-state index is -1.56. The predicted octanol–water partition coefficient (Wildman–Crippen LogP) is 2.94. The van der Waals surface area contributed by atoms with Gasteiger partial charge in [-0.3, -0.25) is 0 Å². The summed E-state index contributed by atoms with van der Waals surface area (Å²) in [4.78, 5) is 0. The van der Waals surface area contributed by atoms with Crippen LogP contribution in [0.25, 0.3) is 5.57 Å². The summed E-state index contributed by atoms with van der Waals surface area (Å²) >= 11 is -1.56. The van der Waals surface area contributed by atoms with Crippen LogP contribution in [0, 0.1) is 12.7 Å². The van der Waals surface area contributed by atoms with Crippen LogP contribution >= 0.6 is 0 Å². The summed E-state index contributed by atoms with van der Waals surface area (Å²) < 4.78 is 24.8. The lowest BCUT2D eigenvalue weighted by Gasteiger charge is -2.27. The number of hydrogen-bond donors (Lipinski definition) is 1. The van der Waals surface area contributed by atoms with Gasteiger partial charge in [-0.05, 0) is 33.3 Å². The standard InChI is InChI=1S/C13H18FNOS/c1-5-11(13(3,4)17(15)16)10-8-6-7-9(2)12(10)14/h5-8H,15H2,1-4H3. The highest BCUT2D eigenvalue weighted by atomic mass is 32.2. The summed E-state index contributed by atoms with van der Waals surface area (Å²) in [5.74, 6) is -0.279. The van der Waals surface area contributed by atoms with Crippen LogP contribution in [-0.4, -0.2) is 9.30 Å². The van der Waals surface area contributed by atoms with Gasteiger partial charge < -0.3 is 4.55 Å². The Bertz CT molecular complexity index is 441. The molecule has 0 aliphatic carbocycles. The molecule has 0 bridgehead atoms. The summed E-state index contributed by atoms with van der Waals surface area (Å²) in [6.07, 6.45) is 1.77. The Morgan fingerprint density at radius 3 is 2.53 bits per heavy atom. The van der Waals surface area contributed by atoms with E-state index in [4.69, 9.17) is 5.14 Å². The van der Waals surface area contributed by atoms with Gasteiger partial charge in [-0.2, -0.15) is 5.14 Å². The van der Waals surface area contributed by atoms with Crippen LogP contribution in [0.3, 0.4) is 0 Å². The fraction of sp³-hybridized carbons (Fsp3) is 0.385. The van der Waals surface area contributed by atoms with Crippen molar-refractivity contribution in [1.82, 2.24) is 0 Å². The summed E-state index contributed by atoms with van der Waals surface area (Å²) in [7, 11) is 0. The Kier molecular flexibility index (Phi) is 4.36. The molecule has 4 heteroatoms. The monoisotopic (exact) mass is 255 g/mol. The summed E-state index contributed by atoms with van der Waals surface area (Å²) in [6, 6.07) is 5.18. The maximum absolute atomic E-state index is 14.1. The second kappa shape index (κ2) is 5.21. The molecular weight excluding hydrogens is 237 g/mol. The topological polar surface area (TPSA) is 49.1 Å².